The Hall–Kier alpha value is -6.71. The molecule has 9 aromatic rings. The summed E-state index contributed by atoms with van der Waals surface area (Å²) >= 11 is 0. The maximum atomic E-state index is 14.0. The van der Waals surface area contributed by atoms with E-state index >= 15 is 0 Å². The van der Waals surface area contributed by atoms with Crippen molar-refractivity contribution in [3.63, 3.8) is 0 Å². The molecule has 0 atom stereocenters. The van der Waals surface area contributed by atoms with E-state index in [-0.39, 0.29) is 5.82 Å². The van der Waals surface area contributed by atoms with Gasteiger partial charge >= 0.3 is 0 Å². The fourth-order valence-electron chi connectivity index (χ4n) is 7.92. The highest BCUT2D eigenvalue weighted by atomic mass is 19.1. The molecule has 0 bridgehead atoms. The van der Waals surface area contributed by atoms with Gasteiger partial charge in [0.05, 0.1) is 16.4 Å². The first-order valence-electron chi connectivity index (χ1n) is 17.6. The van der Waals surface area contributed by atoms with E-state index in [0.717, 1.165) is 44.6 Å². The molecule has 0 unspecified atom stereocenters. The van der Waals surface area contributed by atoms with Gasteiger partial charge in [-0.25, -0.2) is 4.39 Å². The van der Waals surface area contributed by atoms with Gasteiger partial charge in [-0.2, -0.15) is 0 Å². The van der Waals surface area contributed by atoms with Crippen LogP contribution in [-0.2, 0) is 5.41 Å². The SMILES string of the molecule is Fc1ccc(-n2c3ccccc3c3cc(N(c4ccccc4)c4ccc(C(c5ccccc5)(c5ccccc5)c5ccccc5)cc4)ccc32)cc1. The van der Waals surface area contributed by atoms with Crippen LogP contribution in [0.3, 0.4) is 0 Å². The minimum atomic E-state index is -0.527. The van der Waals surface area contributed by atoms with E-state index in [0.29, 0.717) is 0 Å². The molecule has 0 saturated heterocycles. The van der Waals surface area contributed by atoms with Crippen molar-refractivity contribution in [3.8, 4) is 5.69 Å². The third-order valence-electron chi connectivity index (χ3n) is 10.2. The summed E-state index contributed by atoms with van der Waals surface area (Å²) in [6, 6.07) is 73.9. The van der Waals surface area contributed by atoms with Crippen LogP contribution in [0.4, 0.5) is 21.5 Å². The zero-order valence-electron chi connectivity index (χ0n) is 28.5. The molecular formula is C49H35FN2. The number of hydrogen-bond donors (Lipinski definition) is 0. The van der Waals surface area contributed by atoms with Crippen molar-refractivity contribution >= 4 is 38.9 Å². The van der Waals surface area contributed by atoms with Gasteiger partial charge in [0.25, 0.3) is 0 Å². The van der Waals surface area contributed by atoms with Gasteiger partial charge in [-0.15, -0.1) is 0 Å². The van der Waals surface area contributed by atoms with Crippen molar-refractivity contribution in [3.05, 3.63) is 240 Å². The average molecular weight is 671 g/mol. The number of anilines is 3. The molecule has 3 heteroatoms. The van der Waals surface area contributed by atoms with Crippen molar-refractivity contribution in [2.45, 2.75) is 5.41 Å². The first kappa shape index (κ1) is 31.3. The molecule has 8 aromatic carbocycles. The summed E-state index contributed by atoms with van der Waals surface area (Å²) in [4.78, 5) is 2.32. The van der Waals surface area contributed by atoms with Crippen molar-refractivity contribution in [1.29, 1.82) is 0 Å². The van der Waals surface area contributed by atoms with Gasteiger partial charge in [-0.1, -0.05) is 140 Å². The summed E-state index contributed by atoms with van der Waals surface area (Å²) in [5, 5.41) is 2.27. The first-order valence-corrected chi connectivity index (χ1v) is 17.6. The zero-order chi connectivity index (χ0) is 34.9. The smallest absolute Gasteiger partial charge is 0.123 e. The molecule has 0 aliphatic rings. The minimum absolute atomic E-state index is 0.245. The Balaban J connectivity index is 1.23. The Morgan fingerprint density at radius 1 is 0.365 bits per heavy atom. The third kappa shape index (κ3) is 5.26. The van der Waals surface area contributed by atoms with Gasteiger partial charge in [-0.05, 0) is 95.1 Å². The van der Waals surface area contributed by atoms with Crippen LogP contribution < -0.4 is 4.90 Å². The summed E-state index contributed by atoms with van der Waals surface area (Å²) in [5.41, 5.74) is 10.5. The fourth-order valence-corrected chi connectivity index (χ4v) is 7.92. The van der Waals surface area contributed by atoms with Crippen LogP contribution in [0, 0.1) is 5.82 Å². The van der Waals surface area contributed by atoms with Crippen molar-refractivity contribution < 1.29 is 4.39 Å². The van der Waals surface area contributed by atoms with Gasteiger partial charge in [0, 0.05) is 33.5 Å². The lowest BCUT2D eigenvalue weighted by Crippen LogP contribution is -2.31. The van der Waals surface area contributed by atoms with Gasteiger partial charge in [-0.3, -0.25) is 0 Å². The Bertz CT molecular complexity index is 2500. The van der Waals surface area contributed by atoms with Crippen LogP contribution in [0.1, 0.15) is 22.3 Å². The second kappa shape index (κ2) is 13.2. The van der Waals surface area contributed by atoms with Crippen LogP contribution in [-0.4, -0.2) is 4.57 Å². The largest absolute Gasteiger partial charge is 0.310 e. The van der Waals surface area contributed by atoms with Gasteiger partial charge < -0.3 is 9.47 Å². The van der Waals surface area contributed by atoms with E-state index in [4.69, 9.17) is 0 Å². The summed E-state index contributed by atoms with van der Waals surface area (Å²) < 4.78 is 16.2. The Morgan fingerprint density at radius 3 is 1.38 bits per heavy atom. The molecule has 0 fully saturated rings. The molecule has 2 nitrogen and oxygen atoms in total. The molecule has 52 heavy (non-hydrogen) atoms. The summed E-state index contributed by atoms with van der Waals surface area (Å²) in [7, 11) is 0. The summed E-state index contributed by atoms with van der Waals surface area (Å²) in [6.45, 7) is 0. The number of rotatable bonds is 8. The molecule has 1 aromatic heterocycles. The van der Waals surface area contributed by atoms with Gasteiger partial charge in [0.2, 0.25) is 0 Å². The average Bonchev–Trinajstić information content (AvgIpc) is 3.55. The number of halogens is 1. The third-order valence-corrected chi connectivity index (χ3v) is 10.2. The van der Waals surface area contributed by atoms with Crippen molar-refractivity contribution in [1.82, 2.24) is 4.57 Å². The van der Waals surface area contributed by atoms with Gasteiger partial charge in [0.1, 0.15) is 5.82 Å². The fraction of sp³-hybridized carbons (Fsp3) is 0.0204. The summed E-state index contributed by atoms with van der Waals surface area (Å²) in [6.07, 6.45) is 0. The van der Waals surface area contributed by atoms with Crippen molar-refractivity contribution in [2.75, 3.05) is 4.90 Å². The van der Waals surface area contributed by atoms with E-state index in [1.165, 1.54) is 34.4 Å². The first-order chi connectivity index (χ1) is 25.7. The normalized spacial score (nSPS) is 11.6. The van der Waals surface area contributed by atoms with Crippen LogP contribution in [0.5, 0.6) is 0 Å². The predicted octanol–water partition coefficient (Wildman–Crippen LogP) is 12.8. The van der Waals surface area contributed by atoms with Crippen LogP contribution >= 0.6 is 0 Å². The number of benzene rings is 8. The van der Waals surface area contributed by atoms with Crippen LogP contribution in [0.2, 0.25) is 0 Å². The van der Waals surface area contributed by atoms with Gasteiger partial charge in [0.15, 0.2) is 0 Å². The standard InChI is InChI=1S/C49H35FN2/c50-40-27-31-43(32-28-40)52-47-24-14-13-23-45(47)46-35-44(33-34-48(46)52)51(41-21-11-4-12-22-41)42-29-25-39(26-30-42)49(36-15-5-1-6-16-36,37-17-7-2-8-18-37)38-19-9-3-10-20-38/h1-35H. The molecule has 1 heterocycles. The highest BCUT2D eigenvalue weighted by Gasteiger charge is 2.38. The van der Waals surface area contributed by atoms with Crippen LogP contribution in [0.25, 0.3) is 27.5 Å². The van der Waals surface area contributed by atoms with Crippen molar-refractivity contribution in [2.24, 2.45) is 0 Å². The highest BCUT2D eigenvalue weighted by Crippen LogP contribution is 2.46. The second-order valence-electron chi connectivity index (χ2n) is 13.1. The lowest BCUT2D eigenvalue weighted by Gasteiger charge is -2.37. The molecule has 0 radical (unpaired) electrons. The Labute approximate surface area is 303 Å². The molecule has 0 N–H and O–H groups in total. The molecule has 9 rings (SSSR count). The molecule has 0 amide bonds. The lowest BCUT2D eigenvalue weighted by molar-refractivity contribution is 0.627. The molecule has 0 saturated carbocycles. The maximum Gasteiger partial charge on any atom is 0.123 e. The number of para-hydroxylation sites is 2. The van der Waals surface area contributed by atoms with E-state index < -0.39 is 5.41 Å². The number of fused-ring (bicyclic) bond motifs is 3. The summed E-state index contributed by atoms with van der Waals surface area (Å²) in [5.74, 6) is -0.245. The predicted molar refractivity (Wildman–Crippen MR) is 214 cm³/mol. The topological polar surface area (TPSA) is 8.17 Å². The Kier molecular flexibility index (Phi) is 7.94. The monoisotopic (exact) mass is 670 g/mol. The van der Waals surface area contributed by atoms with Crippen LogP contribution in [0.15, 0.2) is 212 Å². The second-order valence-corrected chi connectivity index (χ2v) is 13.1. The maximum absolute atomic E-state index is 14.0. The molecule has 248 valence electrons. The number of hydrogen-bond acceptors (Lipinski definition) is 1. The molecule has 0 aliphatic heterocycles. The molecule has 0 spiro atoms. The molecular weight excluding hydrogens is 636 g/mol. The number of nitrogens with zero attached hydrogens (tertiary/aromatic N) is 2. The van der Waals surface area contributed by atoms with E-state index in [2.05, 4.69) is 198 Å². The minimum Gasteiger partial charge on any atom is -0.310 e. The quantitative estimate of drug-likeness (QED) is 0.146. The highest BCUT2D eigenvalue weighted by molar-refractivity contribution is 6.10. The number of aromatic nitrogens is 1. The molecule has 0 aliphatic carbocycles. The lowest BCUT2D eigenvalue weighted by atomic mass is 9.65. The van der Waals surface area contributed by atoms with E-state index in [1.807, 2.05) is 12.1 Å². The Morgan fingerprint density at radius 2 is 0.808 bits per heavy atom. The van der Waals surface area contributed by atoms with E-state index in [1.54, 1.807) is 0 Å². The van der Waals surface area contributed by atoms with E-state index in [9.17, 15) is 4.39 Å². The zero-order valence-corrected chi connectivity index (χ0v) is 28.5.